The first-order valence-corrected chi connectivity index (χ1v) is 10.2. The van der Waals surface area contributed by atoms with E-state index in [0.717, 1.165) is 17.7 Å². The van der Waals surface area contributed by atoms with Crippen LogP contribution in [0.4, 0.5) is 0 Å². The van der Waals surface area contributed by atoms with Gasteiger partial charge in [-0.05, 0) is 53.9 Å². The fourth-order valence-corrected chi connectivity index (χ4v) is 5.50. The number of nitrogens with one attached hydrogen (secondary N) is 2. The zero-order valence-corrected chi connectivity index (χ0v) is 16.1. The molecule has 1 unspecified atom stereocenters. The van der Waals surface area contributed by atoms with Gasteiger partial charge in [0.2, 0.25) is 0 Å². The van der Waals surface area contributed by atoms with E-state index in [1.54, 1.807) is 16.8 Å². The minimum atomic E-state index is -3.63. The van der Waals surface area contributed by atoms with Gasteiger partial charge in [-0.3, -0.25) is 4.72 Å². The Morgan fingerprint density at radius 2 is 2.30 bits per heavy atom. The van der Waals surface area contributed by atoms with Gasteiger partial charge < -0.3 is 10.1 Å². The summed E-state index contributed by atoms with van der Waals surface area (Å²) in [6.45, 7) is 8.22. The molecule has 23 heavy (non-hydrogen) atoms. The highest BCUT2D eigenvalue weighted by Gasteiger charge is 2.18. The first kappa shape index (κ1) is 18.3. The number of hydrogen-bond donors (Lipinski definition) is 2. The smallest absolute Gasteiger partial charge is 0.263 e. The molecular weight excluding hydrogens is 400 g/mol. The molecule has 0 aromatic carbocycles. The molecule has 1 aromatic rings. The van der Waals surface area contributed by atoms with E-state index in [0.29, 0.717) is 16.9 Å². The van der Waals surface area contributed by atoms with Crippen molar-refractivity contribution < 1.29 is 13.2 Å². The summed E-state index contributed by atoms with van der Waals surface area (Å²) in [5.74, 6) is 0. The van der Waals surface area contributed by atoms with E-state index in [4.69, 9.17) is 4.74 Å². The molecule has 0 spiro atoms. The van der Waals surface area contributed by atoms with Crippen LogP contribution in [0.25, 0.3) is 0 Å². The summed E-state index contributed by atoms with van der Waals surface area (Å²) in [6.07, 6.45) is 4.43. The van der Waals surface area contributed by atoms with Gasteiger partial charge in [-0.2, -0.15) is 0 Å². The largest absolute Gasteiger partial charge is 0.363 e. The third-order valence-corrected chi connectivity index (χ3v) is 6.83. The molecule has 0 bridgehead atoms. The number of allylic oxidation sites excluding steroid dienone is 2. The SMILES string of the molecule is C=C(/C=C\C1=C(C)CC(C)OCN1)NS(=O)(=O)c1cscc1Br. The highest BCUT2D eigenvalue weighted by molar-refractivity contribution is 9.10. The Morgan fingerprint density at radius 1 is 1.57 bits per heavy atom. The topological polar surface area (TPSA) is 67.4 Å². The van der Waals surface area contributed by atoms with Gasteiger partial charge in [-0.1, -0.05) is 6.58 Å². The molecule has 1 aliphatic heterocycles. The lowest BCUT2D eigenvalue weighted by atomic mass is 10.1. The zero-order chi connectivity index (χ0) is 17.0. The molecule has 0 saturated carbocycles. The third kappa shape index (κ3) is 4.94. The molecule has 8 heteroatoms. The summed E-state index contributed by atoms with van der Waals surface area (Å²) < 4.78 is 33.1. The van der Waals surface area contributed by atoms with Crippen LogP contribution in [0.15, 0.2) is 55.8 Å². The van der Waals surface area contributed by atoms with Crippen molar-refractivity contribution in [2.75, 3.05) is 6.73 Å². The predicted molar refractivity (Wildman–Crippen MR) is 96.5 cm³/mol. The van der Waals surface area contributed by atoms with Crippen molar-refractivity contribution in [3.63, 3.8) is 0 Å². The van der Waals surface area contributed by atoms with E-state index in [1.807, 2.05) is 19.9 Å². The number of hydrogen-bond acceptors (Lipinski definition) is 5. The standard InChI is InChI=1S/C15H19BrN2O3S2/c1-10-6-12(3)21-9-17-14(10)5-4-11(2)18-23(19,20)15-8-22-7-13(15)16/h4-5,7-8,12,17-18H,2,6,9H2,1,3H3/b5-4-. The molecule has 0 radical (unpaired) electrons. The van der Waals surface area contributed by atoms with E-state index in [2.05, 4.69) is 32.5 Å². The molecule has 126 valence electrons. The van der Waals surface area contributed by atoms with Gasteiger partial charge in [-0.25, -0.2) is 8.42 Å². The molecule has 0 aliphatic carbocycles. The quantitative estimate of drug-likeness (QED) is 0.718. The number of sulfonamides is 1. The lowest BCUT2D eigenvalue weighted by molar-refractivity contribution is 0.0643. The average Bonchev–Trinajstić information content (AvgIpc) is 2.81. The van der Waals surface area contributed by atoms with Crippen LogP contribution in [0.5, 0.6) is 0 Å². The van der Waals surface area contributed by atoms with Gasteiger partial charge in [0.1, 0.15) is 11.6 Å². The van der Waals surface area contributed by atoms with Crippen molar-refractivity contribution in [3.8, 4) is 0 Å². The van der Waals surface area contributed by atoms with Crippen molar-refractivity contribution in [2.45, 2.75) is 31.3 Å². The fraction of sp³-hybridized carbons (Fsp3) is 0.333. The number of thiophene rings is 1. The molecule has 2 rings (SSSR count). The summed E-state index contributed by atoms with van der Waals surface area (Å²) in [4.78, 5) is 0.210. The van der Waals surface area contributed by atoms with E-state index >= 15 is 0 Å². The van der Waals surface area contributed by atoms with Crippen molar-refractivity contribution >= 4 is 37.3 Å². The highest BCUT2D eigenvalue weighted by atomic mass is 79.9. The van der Waals surface area contributed by atoms with Crippen LogP contribution in [0.2, 0.25) is 0 Å². The minimum absolute atomic E-state index is 0.158. The van der Waals surface area contributed by atoms with Crippen molar-refractivity contribution in [1.29, 1.82) is 0 Å². The van der Waals surface area contributed by atoms with Crippen LogP contribution in [0.3, 0.4) is 0 Å². The molecule has 0 amide bonds. The maximum absolute atomic E-state index is 12.3. The number of ether oxygens (including phenoxy) is 1. The maximum Gasteiger partial charge on any atom is 0.263 e. The minimum Gasteiger partial charge on any atom is -0.363 e. The summed E-state index contributed by atoms with van der Waals surface area (Å²) in [5.41, 5.74) is 2.37. The second kappa shape index (κ2) is 7.65. The average molecular weight is 419 g/mol. The summed E-state index contributed by atoms with van der Waals surface area (Å²) in [7, 11) is -3.63. The Hall–Kier alpha value is -1.09. The Kier molecular flexibility index (Phi) is 6.07. The second-order valence-corrected chi connectivity index (χ2v) is 8.49. The third-order valence-electron chi connectivity index (χ3n) is 3.27. The van der Waals surface area contributed by atoms with Crippen LogP contribution in [0.1, 0.15) is 20.3 Å². The lowest BCUT2D eigenvalue weighted by Gasteiger charge is -2.08. The summed E-state index contributed by atoms with van der Waals surface area (Å²) >= 11 is 4.54. The van der Waals surface area contributed by atoms with E-state index in [-0.39, 0.29) is 11.0 Å². The van der Waals surface area contributed by atoms with Gasteiger partial charge in [-0.15, -0.1) is 11.3 Å². The molecular formula is C15H19BrN2O3S2. The Balaban J connectivity index is 2.07. The van der Waals surface area contributed by atoms with Gasteiger partial charge in [0.15, 0.2) is 0 Å². The molecule has 1 atom stereocenters. The normalized spacial score (nSPS) is 19.5. The van der Waals surface area contributed by atoms with Crippen molar-refractivity contribution in [2.24, 2.45) is 0 Å². The lowest BCUT2D eigenvalue weighted by Crippen LogP contribution is -2.22. The summed E-state index contributed by atoms with van der Waals surface area (Å²) in [6, 6.07) is 0. The van der Waals surface area contributed by atoms with Crippen molar-refractivity contribution in [1.82, 2.24) is 10.0 Å². The molecule has 2 heterocycles. The highest BCUT2D eigenvalue weighted by Crippen LogP contribution is 2.26. The van der Waals surface area contributed by atoms with Crippen LogP contribution in [0, 0.1) is 0 Å². The van der Waals surface area contributed by atoms with Gasteiger partial charge in [0.25, 0.3) is 10.0 Å². The van der Waals surface area contributed by atoms with Crippen LogP contribution < -0.4 is 10.0 Å². The predicted octanol–water partition coefficient (Wildman–Crippen LogP) is 3.49. The first-order chi connectivity index (χ1) is 10.8. The Morgan fingerprint density at radius 3 is 2.96 bits per heavy atom. The molecule has 0 fully saturated rings. The maximum atomic E-state index is 12.3. The van der Waals surface area contributed by atoms with Crippen LogP contribution in [-0.2, 0) is 14.8 Å². The number of halogens is 1. The van der Waals surface area contributed by atoms with Gasteiger partial charge >= 0.3 is 0 Å². The molecule has 0 saturated heterocycles. The zero-order valence-electron chi connectivity index (χ0n) is 12.9. The first-order valence-electron chi connectivity index (χ1n) is 6.96. The summed E-state index contributed by atoms with van der Waals surface area (Å²) in [5, 5.41) is 6.45. The van der Waals surface area contributed by atoms with Gasteiger partial charge in [0.05, 0.1) is 6.10 Å². The van der Waals surface area contributed by atoms with Gasteiger partial charge in [0, 0.05) is 26.6 Å². The second-order valence-electron chi connectivity index (χ2n) is 5.24. The van der Waals surface area contributed by atoms with Crippen LogP contribution in [-0.4, -0.2) is 21.3 Å². The van der Waals surface area contributed by atoms with E-state index < -0.39 is 10.0 Å². The Labute approximate surface area is 149 Å². The molecule has 2 N–H and O–H groups in total. The monoisotopic (exact) mass is 418 g/mol. The Bertz CT molecular complexity index is 751. The molecule has 1 aliphatic rings. The van der Waals surface area contributed by atoms with Crippen molar-refractivity contribution in [3.05, 3.63) is 50.9 Å². The van der Waals surface area contributed by atoms with E-state index in [9.17, 15) is 8.42 Å². The molecule has 1 aromatic heterocycles. The van der Waals surface area contributed by atoms with E-state index in [1.165, 1.54) is 11.3 Å². The number of rotatable bonds is 5. The fourth-order valence-electron chi connectivity index (χ4n) is 2.12. The van der Waals surface area contributed by atoms with Crippen LogP contribution >= 0.6 is 27.3 Å². The molecule has 5 nitrogen and oxygen atoms in total.